The van der Waals surface area contributed by atoms with Crippen molar-refractivity contribution in [2.24, 2.45) is 0 Å². The van der Waals surface area contributed by atoms with Crippen molar-refractivity contribution in [3.63, 3.8) is 0 Å². The molecule has 3 N–H and O–H groups in total. The molecule has 1 aromatic heterocycles. The fourth-order valence-electron chi connectivity index (χ4n) is 2.66. The highest BCUT2D eigenvalue weighted by Gasteiger charge is 2.25. The number of nitrogens with one attached hydrogen (secondary N) is 3. The van der Waals surface area contributed by atoms with Crippen molar-refractivity contribution in [3.8, 4) is 0 Å². The molecule has 0 radical (unpaired) electrons. The molecule has 0 spiro atoms. The zero-order valence-electron chi connectivity index (χ0n) is 12.3. The zero-order valence-corrected chi connectivity index (χ0v) is 12.3. The summed E-state index contributed by atoms with van der Waals surface area (Å²) in [5.74, 6) is 0.0339. The van der Waals surface area contributed by atoms with Crippen LogP contribution in [0.15, 0.2) is 0 Å². The number of H-pyrrole nitrogens is 1. The van der Waals surface area contributed by atoms with E-state index in [0.717, 1.165) is 49.2 Å². The highest BCUT2D eigenvalue weighted by atomic mass is 16.2. The topological polar surface area (TPSA) is 74.0 Å². The van der Waals surface area contributed by atoms with Crippen molar-refractivity contribution < 1.29 is 9.59 Å². The zero-order chi connectivity index (χ0) is 14.5. The fraction of sp³-hybridized carbons (Fsp3) is 0.600. The quantitative estimate of drug-likeness (QED) is 0.691. The van der Waals surface area contributed by atoms with Gasteiger partial charge in [-0.15, -0.1) is 0 Å². The Morgan fingerprint density at radius 3 is 2.75 bits per heavy atom. The average Bonchev–Trinajstić information content (AvgIpc) is 2.77. The molecular weight excluding hydrogens is 254 g/mol. The van der Waals surface area contributed by atoms with Gasteiger partial charge in [-0.2, -0.15) is 0 Å². The van der Waals surface area contributed by atoms with Crippen LogP contribution in [0.25, 0.3) is 0 Å². The third-order valence-corrected chi connectivity index (χ3v) is 3.68. The first kappa shape index (κ1) is 14.8. The van der Waals surface area contributed by atoms with Crippen molar-refractivity contribution in [1.82, 2.24) is 15.6 Å². The van der Waals surface area contributed by atoms with E-state index in [1.165, 1.54) is 0 Å². The molecule has 0 aliphatic heterocycles. The van der Waals surface area contributed by atoms with E-state index in [1.807, 2.05) is 6.92 Å². The monoisotopic (exact) mass is 277 g/mol. The maximum atomic E-state index is 12.1. The van der Waals surface area contributed by atoms with Crippen molar-refractivity contribution in [3.05, 3.63) is 22.5 Å². The summed E-state index contributed by atoms with van der Waals surface area (Å²) in [6, 6.07) is 0. The Hall–Kier alpha value is -1.62. The summed E-state index contributed by atoms with van der Waals surface area (Å²) in [6.07, 6.45) is 3.40. The van der Waals surface area contributed by atoms with Crippen LogP contribution in [0.1, 0.15) is 58.3 Å². The van der Waals surface area contributed by atoms with Crippen molar-refractivity contribution in [1.29, 1.82) is 0 Å². The number of aromatic nitrogens is 1. The molecule has 0 fully saturated rings. The summed E-state index contributed by atoms with van der Waals surface area (Å²) in [4.78, 5) is 27.2. The highest BCUT2D eigenvalue weighted by Crippen LogP contribution is 2.26. The van der Waals surface area contributed by atoms with Crippen molar-refractivity contribution >= 4 is 11.7 Å². The smallest absolute Gasteiger partial charge is 0.268 e. The predicted molar refractivity (Wildman–Crippen MR) is 78.3 cm³/mol. The van der Waals surface area contributed by atoms with Gasteiger partial charge in [-0.05, 0) is 38.3 Å². The number of ketones is 1. The Balaban J connectivity index is 1.99. The Kier molecular flexibility index (Phi) is 4.95. The van der Waals surface area contributed by atoms with E-state index in [4.69, 9.17) is 0 Å². The largest absolute Gasteiger partial charge is 0.354 e. The maximum Gasteiger partial charge on any atom is 0.268 e. The molecule has 0 bridgehead atoms. The van der Waals surface area contributed by atoms with Gasteiger partial charge in [-0.25, -0.2) is 0 Å². The van der Waals surface area contributed by atoms with E-state index in [-0.39, 0.29) is 11.7 Å². The molecule has 1 aliphatic rings. The summed E-state index contributed by atoms with van der Waals surface area (Å²) in [5, 5.41) is 6.11. The number of carbonyl (C=O) groups excluding carboxylic acids is 2. The molecule has 0 unspecified atom stereocenters. The third kappa shape index (κ3) is 3.10. The average molecular weight is 277 g/mol. The standard InChI is InChI=1S/C15H23N3O2/c1-3-7-16-8-9-17-15(20)14-10(2)13-11(18-14)5-4-6-12(13)19/h16,18H,3-9H2,1-2H3,(H,17,20). The molecule has 110 valence electrons. The minimum Gasteiger partial charge on any atom is -0.354 e. The molecule has 5 nitrogen and oxygen atoms in total. The van der Waals surface area contributed by atoms with Crippen LogP contribution in [-0.4, -0.2) is 36.3 Å². The van der Waals surface area contributed by atoms with Crippen molar-refractivity contribution in [2.45, 2.75) is 39.5 Å². The van der Waals surface area contributed by atoms with E-state index >= 15 is 0 Å². The van der Waals surface area contributed by atoms with Gasteiger partial charge in [0.2, 0.25) is 0 Å². The number of aryl methyl sites for hydroxylation is 1. The van der Waals surface area contributed by atoms with Crippen LogP contribution in [0.5, 0.6) is 0 Å². The molecule has 0 saturated heterocycles. The summed E-state index contributed by atoms with van der Waals surface area (Å²) >= 11 is 0. The highest BCUT2D eigenvalue weighted by molar-refractivity contribution is 6.04. The van der Waals surface area contributed by atoms with Crippen molar-refractivity contribution in [2.75, 3.05) is 19.6 Å². The van der Waals surface area contributed by atoms with E-state index in [9.17, 15) is 9.59 Å². The lowest BCUT2D eigenvalue weighted by Gasteiger charge is -2.09. The molecule has 2 rings (SSSR count). The maximum absolute atomic E-state index is 12.1. The molecule has 1 aromatic rings. The van der Waals surface area contributed by atoms with Gasteiger partial charge < -0.3 is 15.6 Å². The van der Waals surface area contributed by atoms with Crippen LogP contribution in [0, 0.1) is 6.92 Å². The van der Waals surface area contributed by atoms with Gasteiger partial charge in [0.15, 0.2) is 5.78 Å². The lowest BCUT2D eigenvalue weighted by molar-refractivity contribution is 0.0947. The minimum absolute atomic E-state index is 0.122. The number of aromatic amines is 1. The summed E-state index contributed by atoms with van der Waals surface area (Å²) < 4.78 is 0. The Labute approximate surface area is 119 Å². The SMILES string of the molecule is CCCNCCNC(=O)c1[nH]c2c(c1C)C(=O)CCC2. The minimum atomic E-state index is -0.122. The fourth-order valence-corrected chi connectivity index (χ4v) is 2.66. The lowest BCUT2D eigenvalue weighted by Crippen LogP contribution is -2.32. The number of carbonyl (C=O) groups is 2. The lowest BCUT2D eigenvalue weighted by atomic mass is 9.94. The van der Waals surface area contributed by atoms with E-state index < -0.39 is 0 Å². The van der Waals surface area contributed by atoms with Crippen LogP contribution in [0.2, 0.25) is 0 Å². The number of hydrogen-bond acceptors (Lipinski definition) is 3. The summed E-state index contributed by atoms with van der Waals surface area (Å²) in [5.41, 5.74) is 3.00. The molecule has 5 heteroatoms. The third-order valence-electron chi connectivity index (χ3n) is 3.68. The molecule has 20 heavy (non-hydrogen) atoms. The van der Waals surface area contributed by atoms with E-state index in [2.05, 4.69) is 22.5 Å². The normalized spacial score (nSPS) is 14.2. The molecule has 0 saturated carbocycles. The first-order valence-electron chi connectivity index (χ1n) is 7.38. The molecule has 0 atom stereocenters. The molecule has 1 amide bonds. The van der Waals surface area contributed by atoms with Gasteiger partial charge in [-0.1, -0.05) is 6.92 Å². The number of hydrogen-bond donors (Lipinski definition) is 3. The second-order valence-corrected chi connectivity index (χ2v) is 5.26. The van der Waals surface area contributed by atoms with Gasteiger partial charge in [0.05, 0.1) is 0 Å². The Bertz CT molecular complexity index is 505. The molecule has 1 aliphatic carbocycles. The van der Waals surface area contributed by atoms with Gasteiger partial charge in [0.1, 0.15) is 5.69 Å². The van der Waals surface area contributed by atoms with E-state index in [0.29, 0.717) is 18.7 Å². The van der Waals surface area contributed by atoms with Gasteiger partial charge >= 0.3 is 0 Å². The van der Waals surface area contributed by atoms with Crippen LogP contribution < -0.4 is 10.6 Å². The second-order valence-electron chi connectivity index (χ2n) is 5.26. The molecular formula is C15H23N3O2. The van der Waals surface area contributed by atoms with Gasteiger partial charge in [-0.3, -0.25) is 9.59 Å². The number of amides is 1. The Morgan fingerprint density at radius 1 is 1.25 bits per heavy atom. The van der Waals surface area contributed by atoms with Gasteiger partial charge in [0.25, 0.3) is 5.91 Å². The van der Waals surface area contributed by atoms with Crippen LogP contribution >= 0.6 is 0 Å². The van der Waals surface area contributed by atoms with Crippen LogP contribution in [0.3, 0.4) is 0 Å². The number of rotatable bonds is 6. The number of Topliss-reactive ketones (excluding diaryl/α,β-unsaturated/α-hetero) is 1. The first-order valence-corrected chi connectivity index (χ1v) is 7.38. The van der Waals surface area contributed by atoms with E-state index in [1.54, 1.807) is 0 Å². The first-order chi connectivity index (χ1) is 9.65. The predicted octanol–water partition coefficient (Wildman–Crippen LogP) is 1.57. The number of fused-ring (bicyclic) bond motifs is 1. The van der Waals surface area contributed by atoms with Crippen LogP contribution in [0.4, 0.5) is 0 Å². The summed E-state index contributed by atoms with van der Waals surface area (Å²) in [7, 11) is 0. The molecule has 0 aromatic carbocycles. The Morgan fingerprint density at radius 2 is 2.05 bits per heavy atom. The van der Waals surface area contributed by atoms with Gasteiger partial charge in [0, 0.05) is 30.8 Å². The molecule has 1 heterocycles. The second kappa shape index (κ2) is 6.70. The van der Waals surface area contributed by atoms with Crippen LogP contribution in [-0.2, 0) is 6.42 Å². The summed E-state index contributed by atoms with van der Waals surface area (Å²) in [6.45, 7) is 6.27.